The van der Waals surface area contributed by atoms with Gasteiger partial charge in [0.2, 0.25) is 0 Å². The second-order valence-electron chi connectivity index (χ2n) is 6.35. The van der Waals surface area contributed by atoms with Gasteiger partial charge < -0.3 is 19.9 Å². The molecule has 0 radical (unpaired) electrons. The summed E-state index contributed by atoms with van der Waals surface area (Å²) in [6.45, 7) is 5.99. The Morgan fingerprint density at radius 3 is 2.73 bits per heavy atom. The number of nitrogens with zero attached hydrogens (tertiary/aromatic N) is 1. The molecule has 1 saturated heterocycles. The summed E-state index contributed by atoms with van der Waals surface area (Å²) in [4.78, 5) is 15.9. The van der Waals surface area contributed by atoms with Gasteiger partial charge in [0.25, 0.3) is 5.91 Å². The number of piperazine rings is 1. The van der Waals surface area contributed by atoms with Crippen molar-refractivity contribution in [2.24, 2.45) is 0 Å². The summed E-state index contributed by atoms with van der Waals surface area (Å²) in [5.41, 5.74) is 1.20. The molecule has 1 aliphatic heterocycles. The fourth-order valence-electron chi connectivity index (χ4n) is 3.03. The third-order valence-corrected chi connectivity index (χ3v) is 4.75. The summed E-state index contributed by atoms with van der Waals surface area (Å²) in [5, 5.41) is 3.12. The highest BCUT2D eigenvalue weighted by Crippen LogP contribution is 2.21. The van der Waals surface area contributed by atoms with E-state index in [2.05, 4.69) is 22.3 Å². The number of methoxy groups -OCH3 is 1. The van der Waals surface area contributed by atoms with Crippen molar-refractivity contribution in [2.45, 2.75) is 31.8 Å². The van der Waals surface area contributed by atoms with E-state index in [-0.39, 0.29) is 11.9 Å². The normalized spacial score (nSPS) is 20.5. The van der Waals surface area contributed by atoms with Gasteiger partial charge in [-0.15, -0.1) is 0 Å². The van der Waals surface area contributed by atoms with E-state index in [1.807, 2.05) is 19.1 Å². The number of anilines is 1. The first-order valence-electron chi connectivity index (χ1n) is 8.21. The Kier molecular flexibility index (Phi) is 4.52. The minimum atomic E-state index is 0.0491. The Bertz CT molecular complexity index is 522. The SMILES string of the molecule is COc1cccc(N2CC[NH+]([C@H](C)C(=O)NC3CC3)CC2)c1. The van der Waals surface area contributed by atoms with Crippen LogP contribution in [0.4, 0.5) is 5.69 Å². The number of rotatable bonds is 5. The van der Waals surface area contributed by atoms with E-state index in [1.54, 1.807) is 7.11 Å². The van der Waals surface area contributed by atoms with Crippen LogP contribution in [0.3, 0.4) is 0 Å². The topological polar surface area (TPSA) is 46.0 Å². The van der Waals surface area contributed by atoms with Crippen LogP contribution >= 0.6 is 0 Å². The number of nitrogens with one attached hydrogen (secondary N) is 2. The molecule has 2 aliphatic rings. The lowest BCUT2D eigenvalue weighted by Crippen LogP contribution is -3.19. The van der Waals surface area contributed by atoms with Gasteiger partial charge in [0.15, 0.2) is 6.04 Å². The lowest BCUT2D eigenvalue weighted by atomic mass is 10.2. The van der Waals surface area contributed by atoms with Crippen molar-refractivity contribution < 1.29 is 14.4 Å². The number of quaternary nitrogens is 1. The maximum Gasteiger partial charge on any atom is 0.278 e. The summed E-state index contributed by atoms with van der Waals surface area (Å²) in [6, 6.07) is 8.69. The van der Waals surface area contributed by atoms with Crippen molar-refractivity contribution in [1.82, 2.24) is 5.32 Å². The van der Waals surface area contributed by atoms with E-state index in [9.17, 15) is 4.79 Å². The highest BCUT2D eigenvalue weighted by atomic mass is 16.5. The number of ether oxygens (including phenoxy) is 1. The summed E-state index contributed by atoms with van der Waals surface area (Å²) in [5.74, 6) is 1.11. The Hall–Kier alpha value is -1.75. The molecule has 1 atom stereocenters. The highest BCUT2D eigenvalue weighted by molar-refractivity contribution is 5.80. The van der Waals surface area contributed by atoms with Crippen LogP contribution in [0.25, 0.3) is 0 Å². The first-order valence-corrected chi connectivity index (χ1v) is 8.21. The van der Waals surface area contributed by atoms with Crippen molar-refractivity contribution in [3.05, 3.63) is 24.3 Å². The van der Waals surface area contributed by atoms with Gasteiger partial charge in [-0.3, -0.25) is 4.79 Å². The van der Waals surface area contributed by atoms with Gasteiger partial charge >= 0.3 is 0 Å². The molecule has 0 unspecified atom stereocenters. The molecule has 2 fully saturated rings. The lowest BCUT2D eigenvalue weighted by molar-refractivity contribution is -0.914. The molecular weight excluding hydrogens is 278 g/mol. The van der Waals surface area contributed by atoms with Crippen LogP contribution in [0.2, 0.25) is 0 Å². The zero-order valence-electron chi connectivity index (χ0n) is 13.5. The van der Waals surface area contributed by atoms with E-state index in [0.717, 1.165) is 44.8 Å². The summed E-state index contributed by atoms with van der Waals surface area (Å²) < 4.78 is 5.29. The third kappa shape index (κ3) is 3.53. The van der Waals surface area contributed by atoms with Gasteiger partial charge in [-0.2, -0.15) is 0 Å². The summed E-state index contributed by atoms with van der Waals surface area (Å²) >= 11 is 0. The minimum absolute atomic E-state index is 0.0491. The Morgan fingerprint density at radius 1 is 1.36 bits per heavy atom. The van der Waals surface area contributed by atoms with Gasteiger partial charge in [0, 0.05) is 17.8 Å². The molecule has 120 valence electrons. The Balaban J connectivity index is 1.53. The fraction of sp³-hybridized carbons (Fsp3) is 0.588. The minimum Gasteiger partial charge on any atom is -0.497 e. The van der Waals surface area contributed by atoms with E-state index in [0.29, 0.717) is 6.04 Å². The number of carbonyl (C=O) groups is 1. The fourth-order valence-corrected chi connectivity index (χ4v) is 3.03. The first kappa shape index (κ1) is 15.2. The van der Waals surface area contributed by atoms with Crippen LogP contribution in [0.5, 0.6) is 5.75 Å². The summed E-state index contributed by atoms with van der Waals surface area (Å²) in [7, 11) is 1.70. The molecule has 5 heteroatoms. The molecule has 1 aliphatic carbocycles. The number of carbonyl (C=O) groups excluding carboxylic acids is 1. The zero-order valence-corrected chi connectivity index (χ0v) is 13.5. The molecular formula is C17H26N3O2+. The molecule has 1 amide bonds. The largest absolute Gasteiger partial charge is 0.497 e. The number of benzene rings is 1. The number of hydrogen-bond donors (Lipinski definition) is 2. The highest BCUT2D eigenvalue weighted by Gasteiger charge is 2.32. The number of hydrogen-bond acceptors (Lipinski definition) is 3. The van der Waals surface area contributed by atoms with Gasteiger partial charge in [0.1, 0.15) is 5.75 Å². The number of amides is 1. The van der Waals surface area contributed by atoms with Crippen molar-refractivity contribution in [3.8, 4) is 5.75 Å². The van der Waals surface area contributed by atoms with Crippen molar-refractivity contribution in [1.29, 1.82) is 0 Å². The van der Waals surface area contributed by atoms with Crippen LogP contribution in [0, 0.1) is 0 Å². The Labute approximate surface area is 132 Å². The van der Waals surface area contributed by atoms with E-state index >= 15 is 0 Å². The van der Waals surface area contributed by atoms with Crippen LogP contribution < -0.4 is 19.9 Å². The van der Waals surface area contributed by atoms with Crippen LogP contribution in [-0.2, 0) is 4.79 Å². The molecule has 1 saturated carbocycles. The van der Waals surface area contributed by atoms with Crippen LogP contribution in [-0.4, -0.2) is 51.3 Å². The van der Waals surface area contributed by atoms with Crippen LogP contribution in [0.15, 0.2) is 24.3 Å². The van der Waals surface area contributed by atoms with Crippen LogP contribution in [0.1, 0.15) is 19.8 Å². The van der Waals surface area contributed by atoms with Gasteiger partial charge in [-0.05, 0) is 31.9 Å². The Morgan fingerprint density at radius 2 is 2.09 bits per heavy atom. The molecule has 1 heterocycles. The second-order valence-corrected chi connectivity index (χ2v) is 6.35. The lowest BCUT2D eigenvalue weighted by Gasteiger charge is -2.36. The standard InChI is InChI=1S/C17H25N3O2/c1-13(17(21)18-14-6-7-14)19-8-10-20(11-9-19)15-4-3-5-16(12-15)22-2/h3-5,12-14H,6-11H2,1-2H3,(H,18,21)/p+1/t13-/m1/s1. The molecule has 1 aromatic carbocycles. The molecule has 3 rings (SSSR count). The predicted molar refractivity (Wildman–Crippen MR) is 86.5 cm³/mol. The average Bonchev–Trinajstić information content (AvgIpc) is 3.38. The smallest absolute Gasteiger partial charge is 0.278 e. The van der Waals surface area contributed by atoms with E-state index < -0.39 is 0 Å². The predicted octanol–water partition coefficient (Wildman–Crippen LogP) is 0.0672. The third-order valence-electron chi connectivity index (χ3n) is 4.75. The molecule has 1 aromatic rings. The van der Waals surface area contributed by atoms with Crippen molar-refractivity contribution in [2.75, 3.05) is 38.2 Å². The first-order chi connectivity index (χ1) is 10.7. The maximum absolute atomic E-state index is 12.2. The quantitative estimate of drug-likeness (QED) is 0.809. The summed E-state index contributed by atoms with van der Waals surface area (Å²) in [6.07, 6.45) is 2.30. The van der Waals surface area contributed by atoms with Crippen molar-refractivity contribution in [3.63, 3.8) is 0 Å². The van der Waals surface area contributed by atoms with E-state index in [1.165, 1.54) is 10.6 Å². The molecule has 22 heavy (non-hydrogen) atoms. The molecule has 0 aromatic heterocycles. The van der Waals surface area contributed by atoms with Gasteiger partial charge in [0.05, 0.1) is 33.3 Å². The average molecular weight is 304 g/mol. The van der Waals surface area contributed by atoms with Gasteiger partial charge in [-0.25, -0.2) is 0 Å². The second kappa shape index (κ2) is 6.57. The monoisotopic (exact) mass is 304 g/mol. The zero-order chi connectivity index (χ0) is 15.5. The van der Waals surface area contributed by atoms with E-state index in [4.69, 9.17) is 4.74 Å². The molecule has 5 nitrogen and oxygen atoms in total. The molecule has 2 N–H and O–H groups in total. The maximum atomic E-state index is 12.2. The van der Waals surface area contributed by atoms with Crippen molar-refractivity contribution >= 4 is 11.6 Å². The molecule has 0 bridgehead atoms. The van der Waals surface area contributed by atoms with Gasteiger partial charge in [-0.1, -0.05) is 6.07 Å². The molecule has 0 spiro atoms.